The number of hydrogen-bond acceptors (Lipinski definition) is 8. The molecule has 1 fully saturated rings. The molecule has 2 aliphatic heterocycles. The minimum absolute atomic E-state index is 0.0324. The Bertz CT molecular complexity index is 1770. The van der Waals surface area contributed by atoms with Crippen molar-refractivity contribution in [2.45, 2.75) is 62.7 Å². The van der Waals surface area contributed by atoms with Crippen LogP contribution in [0.3, 0.4) is 0 Å². The fourth-order valence-corrected chi connectivity index (χ4v) is 6.25. The normalized spacial score (nSPS) is 21.8. The molecule has 1 aliphatic carbocycles. The number of carbonyl (C=O) groups is 5. The number of hydrogen-bond donors (Lipinski definition) is 5. The van der Waals surface area contributed by atoms with E-state index in [0.29, 0.717) is 24.3 Å². The van der Waals surface area contributed by atoms with Gasteiger partial charge in [-0.3, -0.25) is 28.4 Å². The lowest BCUT2D eigenvalue weighted by Gasteiger charge is -2.25. The van der Waals surface area contributed by atoms with Crippen LogP contribution in [-0.4, -0.2) is 75.7 Å². The zero-order valence-corrected chi connectivity index (χ0v) is 27.2. The number of nitrogens with one attached hydrogen (secondary N) is 5. The van der Waals surface area contributed by atoms with E-state index in [0.717, 1.165) is 16.1 Å². The van der Waals surface area contributed by atoms with Crippen molar-refractivity contribution in [3.8, 4) is 5.75 Å². The second kappa shape index (κ2) is 14.3. The Morgan fingerprint density at radius 2 is 1.79 bits per heavy atom. The largest absolute Gasteiger partial charge is 0.492 e. The number of fused-ring (bicyclic) bond motifs is 16. The molecule has 1 spiro atoms. The Labute approximate surface area is 280 Å². The van der Waals surface area contributed by atoms with Gasteiger partial charge in [-0.15, -0.1) is 11.3 Å². The maximum Gasteiger partial charge on any atom is 0.245 e. The third-order valence-electron chi connectivity index (χ3n) is 8.37. The van der Waals surface area contributed by atoms with Crippen LogP contribution in [0.2, 0.25) is 0 Å². The number of imidazole rings is 1. The highest BCUT2D eigenvalue weighted by molar-refractivity contribution is 7.15. The first-order valence-electron chi connectivity index (χ1n) is 15.8. The predicted octanol–water partition coefficient (Wildman–Crippen LogP) is 1.06. The number of ether oxygens (including phenoxy) is 1. The van der Waals surface area contributed by atoms with E-state index in [1.54, 1.807) is 30.5 Å². The summed E-state index contributed by atoms with van der Waals surface area (Å²) in [4.78, 5) is 72.1. The van der Waals surface area contributed by atoms with Crippen molar-refractivity contribution in [1.82, 2.24) is 36.0 Å². The van der Waals surface area contributed by atoms with Crippen molar-refractivity contribution in [1.29, 1.82) is 0 Å². The van der Waals surface area contributed by atoms with Crippen LogP contribution in [0.1, 0.15) is 36.6 Å². The van der Waals surface area contributed by atoms with Crippen LogP contribution in [0.5, 0.6) is 5.75 Å². The van der Waals surface area contributed by atoms with Crippen molar-refractivity contribution in [2.24, 2.45) is 0 Å². The van der Waals surface area contributed by atoms with Crippen molar-refractivity contribution < 1.29 is 28.7 Å². The summed E-state index contributed by atoms with van der Waals surface area (Å²) in [5.74, 6) is -1.81. The van der Waals surface area contributed by atoms with Gasteiger partial charge in [0.1, 0.15) is 36.0 Å². The Hall–Kier alpha value is -5.24. The zero-order valence-electron chi connectivity index (χ0n) is 26.4. The average molecular weight is 672 g/mol. The van der Waals surface area contributed by atoms with Gasteiger partial charge in [0.25, 0.3) is 0 Å². The van der Waals surface area contributed by atoms with Crippen LogP contribution in [0.15, 0.2) is 72.4 Å². The minimum atomic E-state index is -1.06. The summed E-state index contributed by atoms with van der Waals surface area (Å²) in [6.07, 6.45) is 4.84. The van der Waals surface area contributed by atoms with Crippen LogP contribution < -0.4 is 31.3 Å². The van der Waals surface area contributed by atoms with Crippen LogP contribution in [0.4, 0.5) is 0 Å². The average Bonchev–Trinajstić information content (AvgIpc) is 3.56. The summed E-state index contributed by atoms with van der Waals surface area (Å²) in [5.41, 5.74) is 1.06. The smallest absolute Gasteiger partial charge is 0.245 e. The fraction of sp³-hybridized carbons (Fsp3) is 0.353. The van der Waals surface area contributed by atoms with Gasteiger partial charge in [0.15, 0.2) is 4.96 Å². The molecular weight excluding hydrogens is 634 g/mol. The molecule has 4 heterocycles. The summed E-state index contributed by atoms with van der Waals surface area (Å²) < 4.78 is 7.63. The number of rotatable bonds is 5. The highest BCUT2D eigenvalue weighted by Gasteiger charge is 2.51. The highest BCUT2D eigenvalue weighted by Crippen LogP contribution is 2.35. The lowest BCUT2D eigenvalue weighted by molar-refractivity contribution is -0.134. The molecule has 4 aromatic rings. The molecule has 3 atom stereocenters. The Morgan fingerprint density at radius 3 is 2.52 bits per heavy atom. The molecule has 0 unspecified atom stereocenters. The Morgan fingerprint density at radius 1 is 1.02 bits per heavy atom. The molecular formula is C34H37N7O6S. The first kappa shape index (κ1) is 32.7. The van der Waals surface area contributed by atoms with Gasteiger partial charge in [-0.05, 0) is 43.0 Å². The van der Waals surface area contributed by atoms with E-state index >= 15 is 0 Å². The van der Waals surface area contributed by atoms with Gasteiger partial charge in [-0.25, -0.2) is 4.98 Å². The molecule has 2 aromatic carbocycles. The summed E-state index contributed by atoms with van der Waals surface area (Å²) in [7, 11) is 0. The van der Waals surface area contributed by atoms with Gasteiger partial charge < -0.3 is 31.3 Å². The van der Waals surface area contributed by atoms with E-state index in [1.165, 1.54) is 18.3 Å². The topological polar surface area (TPSA) is 172 Å². The van der Waals surface area contributed by atoms with Crippen LogP contribution >= 0.6 is 11.3 Å². The maximum absolute atomic E-state index is 13.6. The standard InChI is InChI=1S/C34H37N7O6S/c1-21-29(43)39-27(17-22-5-3-2-4-6-22)31(45)40-34(11-12-34)32(46)35-13-15-47-25-9-7-23(8-10-25)18-26(30(44)36-21)38-28(42)19-24-20-41-14-16-48-33(41)37-24/h2-10,14,16,20-21,26-27H,11-13,15,17-19H2,1H3,(H,35,46)(H,36,44)(H,38,42)(H,39,43)(H,40,45)/t21-,26-,27+/m0/s1. The molecule has 2 aromatic heterocycles. The number of amides is 5. The monoisotopic (exact) mass is 671 g/mol. The summed E-state index contributed by atoms with van der Waals surface area (Å²) in [6, 6.07) is 13.2. The maximum atomic E-state index is 13.6. The number of carbonyl (C=O) groups excluding carboxylic acids is 5. The zero-order chi connectivity index (χ0) is 33.7. The summed E-state index contributed by atoms with van der Waals surface area (Å²) in [5, 5.41) is 15.9. The van der Waals surface area contributed by atoms with E-state index in [-0.39, 0.29) is 38.3 Å². The predicted molar refractivity (Wildman–Crippen MR) is 177 cm³/mol. The molecule has 2 bridgehead atoms. The number of benzene rings is 2. The van der Waals surface area contributed by atoms with Gasteiger partial charge in [-0.1, -0.05) is 42.5 Å². The molecule has 3 aliphatic rings. The lowest BCUT2D eigenvalue weighted by atomic mass is 10.0. The van der Waals surface area contributed by atoms with Gasteiger partial charge >= 0.3 is 0 Å². The SMILES string of the molecule is C[C@@H]1NC(=O)[C@@H](NC(=O)Cc2cn3ccsc3n2)Cc2ccc(cc2)OCCNC(=O)C2(CC2)NC(=O)[C@@H](Cc2ccccc2)NC1=O. The third-order valence-corrected chi connectivity index (χ3v) is 9.14. The first-order chi connectivity index (χ1) is 23.2. The Kier molecular flexibility index (Phi) is 9.71. The molecule has 0 saturated heterocycles. The fourth-order valence-electron chi connectivity index (χ4n) is 5.53. The minimum Gasteiger partial charge on any atom is -0.492 e. The van der Waals surface area contributed by atoms with Gasteiger partial charge in [0.05, 0.1) is 18.7 Å². The summed E-state index contributed by atoms with van der Waals surface area (Å²) >= 11 is 1.45. The lowest BCUT2D eigenvalue weighted by Crippen LogP contribution is -2.59. The van der Waals surface area contributed by atoms with E-state index in [4.69, 9.17) is 4.74 Å². The van der Waals surface area contributed by atoms with E-state index < -0.39 is 47.3 Å². The number of thiazole rings is 1. The number of aromatic nitrogens is 2. The second-order valence-electron chi connectivity index (χ2n) is 12.1. The quantitative estimate of drug-likeness (QED) is 0.198. The van der Waals surface area contributed by atoms with Crippen molar-refractivity contribution in [3.63, 3.8) is 0 Å². The second-order valence-corrected chi connectivity index (χ2v) is 13.0. The molecule has 250 valence electrons. The van der Waals surface area contributed by atoms with Gasteiger partial charge in [-0.2, -0.15) is 0 Å². The molecule has 5 N–H and O–H groups in total. The Balaban J connectivity index is 1.21. The van der Waals surface area contributed by atoms with Gasteiger partial charge in [0.2, 0.25) is 29.5 Å². The molecule has 0 radical (unpaired) electrons. The molecule has 14 heteroatoms. The molecule has 13 nitrogen and oxygen atoms in total. The molecule has 48 heavy (non-hydrogen) atoms. The van der Waals surface area contributed by atoms with Crippen molar-refractivity contribution in [2.75, 3.05) is 13.2 Å². The first-order valence-corrected chi connectivity index (χ1v) is 16.7. The van der Waals surface area contributed by atoms with Gasteiger partial charge in [0, 0.05) is 30.6 Å². The van der Waals surface area contributed by atoms with Crippen molar-refractivity contribution in [3.05, 3.63) is 89.2 Å². The van der Waals surface area contributed by atoms with Crippen molar-refractivity contribution >= 4 is 45.8 Å². The highest BCUT2D eigenvalue weighted by atomic mass is 32.1. The van der Waals surface area contributed by atoms with E-state index in [2.05, 4.69) is 31.6 Å². The van der Waals surface area contributed by atoms with E-state index in [1.807, 2.05) is 46.3 Å². The van der Waals surface area contributed by atoms with E-state index in [9.17, 15) is 24.0 Å². The molecule has 1 saturated carbocycles. The van der Waals surface area contributed by atoms with Crippen LogP contribution in [0, 0.1) is 0 Å². The van der Waals surface area contributed by atoms with Crippen LogP contribution in [-0.2, 0) is 43.2 Å². The molecule has 5 amide bonds. The van der Waals surface area contributed by atoms with Crippen LogP contribution in [0.25, 0.3) is 4.96 Å². The molecule has 7 rings (SSSR count). The third kappa shape index (κ3) is 8.00. The number of nitrogens with zero attached hydrogens (tertiary/aromatic N) is 2. The summed E-state index contributed by atoms with van der Waals surface area (Å²) in [6.45, 7) is 1.94.